The van der Waals surface area contributed by atoms with Gasteiger partial charge in [-0.25, -0.2) is 0 Å². The normalized spacial score (nSPS) is 21.3. The number of nitrogens with one attached hydrogen (secondary N) is 2. The maximum atomic E-state index is 5.63. The van der Waals surface area contributed by atoms with Crippen molar-refractivity contribution in [2.75, 3.05) is 53.0 Å². The maximum absolute atomic E-state index is 5.63. The Hall–Kier alpha value is -0.160. The van der Waals surface area contributed by atoms with E-state index in [4.69, 9.17) is 4.74 Å². The fraction of sp³-hybridized carbons (Fsp3) is 1.00. The summed E-state index contributed by atoms with van der Waals surface area (Å²) in [5.74, 6) is 0. The second-order valence-corrected chi connectivity index (χ2v) is 5.11. The monoisotopic (exact) mass is 257 g/mol. The van der Waals surface area contributed by atoms with E-state index < -0.39 is 0 Å². The molecule has 4 heteroatoms. The lowest BCUT2D eigenvalue weighted by Gasteiger charge is -2.35. The fourth-order valence-corrected chi connectivity index (χ4v) is 2.49. The van der Waals surface area contributed by atoms with E-state index in [1.807, 2.05) is 7.05 Å². The summed E-state index contributed by atoms with van der Waals surface area (Å²) >= 11 is 0. The average Bonchev–Trinajstić information content (AvgIpc) is 2.40. The second kappa shape index (κ2) is 10.7. The molecule has 0 spiro atoms. The Morgan fingerprint density at radius 2 is 2.11 bits per heavy atom. The molecule has 0 bridgehead atoms. The van der Waals surface area contributed by atoms with Gasteiger partial charge in [-0.2, -0.15) is 0 Å². The van der Waals surface area contributed by atoms with Crippen molar-refractivity contribution in [3.8, 4) is 0 Å². The van der Waals surface area contributed by atoms with Gasteiger partial charge < -0.3 is 15.4 Å². The summed E-state index contributed by atoms with van der Waals surface area (Å²) in [5.41, 5.74) is 0. The van der Waals surface area contributed by atoms with E-state index in [1.165, 1.54) is 32.2 Å². The summed E-state index contributed by atoms with van der Waals surface area (Å²) in [5, 5.41) is 6.65. The van der Waals surface area contributed by atoms with Gasteiger partial charge in [0, 0.05) is 25.7 Å². The first-order valence-electron chi connectivity index (χ1n) is 7.55. The molecule has 0 aromatic heterocycles. The van der Waals surface area contributed by atoms with Crippen LogP contribution in [0.4, 0.5) is 0 Å². The standard InChI is InChI=1S/C14H31N3O/c1-3-7-16-13-14-6-4-5-9-17(14)10-12-18-11-8-15-2/h14-16H,3-13H2,1-2H3. The number of hydrogen-bond acceptors (Lipinski definition) is 4. The number of nitrogens with zero attached hydrogens (tertiary/aromatic N) is 1. The zero-order chi connectivity index (χ0) is 13.1. The van der Waals surface area contributed by atoms with E-state index in [0.29, 0.717) is 0 Å². The molecule has 1 aliphatic heterocycles. The summed E-state index contributed by atoms with van der Waals surface area (Å²) in [6.07, 6.45) is 5.30. The van der Waals surface area contributed by atoms with Gasteiger partial charge in [-0.1, -0.05) is 13.3 Å². The van der Waals surface area contributed by atoms with Crippen molar-refractivity contribution in [2.24, 2.45) is 0 Å². The molecule has 0 radical (unpaired) electrons. The third kappa shape index (κ3) is 6.69. The van der Waals surface area contributed by atoms with Crippen molar-refractivity contribution in [1.29, 1.82) is 0 Å². The first-order valence-corrected chi connectivity index (χ1v) is 7.55. The SMILES string of the molecule is CCCNCC1CCCCN1CCOCCNC. The van der Waals surface area contributed by atoms with Gasteiger partial charge in [-0.3, -0.25) is 4.90 Å². The summed E-state index contributed by atoms with van der Waals surface area (Å²) in [4.78, 5) is 2.60. The van der Waals surface area contributed by atoms with Gasteiger partial charge in [0.25, 0.3) is 0 Å². The molecule has 1 aliphatic rings. The van der Waals surface area contributed by atoms with Crippen LogP contribution >= 0.6 is 0 Å². The van der Waals surface area contributed by atoms with E-state index in [0.717, 1.165) is 45.4 Å². The molecule has 1 saturated heterocycles. The molecule has 1 fully saturated rings. The van der Waals surface area contributed by atoms with E-state index in [2.05, 4.69) is 22.5 Å². The van der Waals surface area contributed by atoms with Crippen LogP contribution in [0.25, 0.3) is 0 Å². The van der Waals surface area contributed by atoms with Gasteiger partial charge >= 0.3 is 0 Å². The topological polar surface area (TPSA) is 36.5 Å². The highest BCUT2D eigenvalue weighted by atomic mass is 16.5. The highest BCUT2D eigenvalue weighted by Crippen LogP contribution is 2.15. The van der Waals surface area contributed by atoms with Crippen LogP contribution < -0.4 is 10.6 Å². The Morgan fingerprint density at radius 3 is 2.89 bits per heavy atom. The van der Waals surface area contributed by atoms with Crippen LogP contribution in [-0.2, 0) is 4.74 Å². The molecular formula is C14H31N3O. The van der Waals surface area contributed by atoms with Crippen LogP contribution in [0.2, 0.25) is 0 Å². The Labute approximate surface area is 112 Å². The lowest BCUT2D eigenvalue weighted by atomic mass is 10.0. The van der Waals surface area contributed by atoms with Crippen molar-refractivity contribution in [3.63, 3.8) is 0 Å². The lowest BCUT2D eigenvalue weighted by molar-refractivity contribution is 0.0730. The van der Waals surface area contributed by atoms with Gasteiger partial charge in [-0.05, 0) is 39.4 Å². The van der Waals surface area contributed by atoms with Crippen molar-refractivity contribution < 1.29 is 4.74 Å². The van der Waals surface area contributed by atoms with E-state index in [9.17, 15) is 0 Å². The number of likely N-dealkylation sites (tertiary alicyclic amines) is 1. The summed E-state index contributed by atoms with van der Waals surface area (Å²) in [6.45, 7) is 9.47. The molecular weight excluding hydrogens is 226 g/mol. The quantitative estimate of drug-likeness (QED) is 0.574. The summed E-state index contributed by atoms with van der Waals surface area (Å²) in [6, 6.07) is 0.721. The Balaban J connectivity index is 2.13. The summed E-state index contributed by atoms with van der Waals surface area (Å²) in [7, 11) is 1.96. The third-order valence-corrected chi connectivity index (χ3v) is 3.58. The molecule has 1 rings (SSSR count). The molecule has 1 unspecified atom stereocenters. The molecule has 1 atom stereocenters. The minimum absolute atomic E-state index is 0.721. The zero-order valence-electron chi connectivity index (χ0n) is 12.2. The van der Waals surface area contributed by atoms with Crippen molar-refractivity contribution in [1.82, 2.24) is 15.5 Å². The number of ether oxygens (including phenoxy) is 1. The highest BCUT2D eigenvalue weighted by molar-refractivity contribution is 4.78. The van der Waals surface area contributed by atoms with E-state index in [1.54, 1.807) is 0 Å². The predicted molar refractivity (Wildman–Crippen MR) is 77.1 cm³/mol. The third-order valence-electron chi connectivity index (χ3n) is 3.58. The number of rotatable bonds is 10. The van der Waals surface area contributed by atoms with Gasteiger partial charge in [0.15, 0.2) is 0 Å². The molecule has 4 nitrogen and oxygen atoms in total. The van der Waals surface area contributed by atoms with Crippen LogP contribution in [0.1, 0.15) is 32.6 Å². The Morgan fingerprint density at radius 1 is 1.22 bits per heavy atom. The maximum Gasteiger partial charge on any atom is 0.0594 e. The minimum atomic E-state index is 0.721. The van der Waals surface area contributed by atoms with Gasteiger partial charge in [0.2, 0.25) is 0 Å². The molecule has 0 saturated carbocycles. The fourth-order valence-electron chi connectivity index (χ4n) is 2.49. The van der Waals surface area contributed by atoms with Crippen molar-refractivity contribution >= 4 is 0 Å². The van der Waals surface area contributed by atoms with Gasteiger partial charge in [0.1, 0.15) is 0 Å². The molecule has 0 aliphatic carbocycles. The van der Waals surface area contributed by atoms with E-state index in [-0.39, 0.29) is 0 Å². The predicted octanol–water partition coefficient (Wildman–Crippen LogP) is 1.08. The van der Waals surface area contributed by atoms with Crippen LogP contribution in [0.3, 0.4) is 0 Å². The first kappa shape index (κ1) is 15.9. The minimum Gasteiger partial charge on any atom is -0.379 e. The molecule has 108 valence electrons. The number of piperidine rings is 1. The van der Waals surface area contributed by atoms with Crippen LogP contribution in [-0.4, -0.2) is 63.9 Å². The highest BCUT2D eigenvalue weighted by Gasteiger charge is 2.21. The van der Waals surface area contributed by atoms with Crippen molar-refractivity contribution in [2.45, 2.75) is 38.6 Å². The van der Waals surface area contributed by atoms with Crippen LogP contribution in [0, 0.1) is 0 Å². The van der Waals surface area contributed by atoms with E-state index >= 15 is 0 Å². The van der Waals surface area contributed by atoms with Gasteiger partial charge in [-0.15, -0.1) is 0 Å². The smallest absolute Gasteiger partial charge is 0.0594 e. The average molecular weight is 257 g/mol. The van der Waals surface area contributed by atoms with Crippen molar-refractivity contribution in [3.05, 3.63) is 0 Å². The lowest BCUT2D eigenvalue weighted by Crippen LogP contribution is -2.46. The van der Waals surface area contributed by atoms with Crippen LogP contribution in [0.15, 0.2) is 0 Å². The molecule has 18 heavy (non-hydrogen) atoms. The number of hydrogen-bond donors (Lipinski definition) is 2. The number of likely N-dealkylation sites (N-methyl/N-ethyl adjacent to an activating group) is 1. The second-order valence-electron chi connectivity index (χ2n) is 5.11. The summed E-state index contributed by atoms with van der Waals surface area (Å²) < 4.78 is 5.63. The zero-order valence-corrected chi connectivity index (χ0v) is 12.2. The van der Waals surface area contributed by atoms with Crippen LogP contribution in [0.5, 0.6) is 0 Å². The van der Waals surface area contributed by atoms with Gasteiger partial charge in [0.05, 0.1) is 13.2 Å². The molecule has 0 aromatic carbocycles. The molecule has 0 amide bonds. The first-order chi connectivity index (χ1) is 8.88. The molecule has 0 aromatic rings. The molecule has 2 N–H and O–H groups in total. The molecule has 1 heterocycles. The largest absolute Gasteiger partial charge is 0.379 e. The Bertz CT molecular complexity index is 190. The Kier molecular flexibility index (Phi) is 9.48.